The number of fused-ring (bicyclic) bond motifs is 3. The zero-order valence-electron chi connectivity index (χ0n) is 12.6. The molecular weight excluding hydrogens is 266 g/mol. The van der Waals surface area contributed by atoms with Crippen molar-refractivity contribution in [3.05, 3.63) is 36.5 Å². The average Bonchev–Trinajstić information content (AvgIpc) is 2.53. The largest absolute Gasteiger partial charge is 0.497 e. The lowest BCUT2D eigenvalue weighted by molar-refractivity contribution is -0.643. The fourth-order valence-electron chi connectivity index (χ4n) is 2.67. The standard InChI is InChI=1S/C17H18NO3/c1-18-10-11-7-16(20-3)17(21-4)9-14(11)13-6-5-12(19-2)8-15(13)18/h5-10H,1-4H3/q+1. The van der Waals surface area contributed by atoms with Crippen LogP contribution < -0.4 is 18.8 Å². The van der Waals surface area contributed by atoms with Crippen LogP contribution in [-0.4, -0.2) is 21.3 Å². The molecule has 0 aliphatic rings. The Labute approximate surface area is 123 Å². The van der Waals surface area contributed by atoms with Gasteiger partial charge in [-0.3, -0.25) is 0 Å². The first kappa shape index (κ1) is 13.5. The van der Waals surface area contributed by atoms with E-state index in [4.69, 9.17) is 14.2 Å². The predicted molar refractivity (Wildman–Crippen MR) is 82.3 cm³/mol. The van der Waals surface area contributed by atoms with Gasteiger partial charge in [0.15, 0.2) is 17.7 Å². The molecule has 0 unspecified atom stereocenters. The lowest BCUT2D eigenvalue weighted by atomic mass is 10.1. The Morgan fingerprint density at radius 2 is 1.52 bits per heavy atom. The van der Waals surface area contributed by atoms with Crippen molar-refractivity contribution < 1.29 is 18.8 Å². The monoisotopic (exact) mass is 284 g/mol. The molecule has 4 nitrogen and oxygen atoms in total. The minimum absolute atomic E-state index is 0.732. The third-order valence-electron chi connectivity index (χ3n) is 3.76. The van der Waals surface area contributed by atoms with E-state index >= 15 is 0 Å². The second-order valence-corrected chi connectivity index (χ2v) is 4.92. The normalized spacial score (nSPS) is 10.9. The molecule has 0 aliphatic carbocycles. The van der Waals surface area contributed by atoms with Crippen LogP contribution in [0.5, 0.6) is 17.2 Å². The van der Waals surface area contributed by atoms with Gasteiger partial charge < -0.3 is 14.2 Å². The average molecular weight is 284 g/mol. The van der Waals surface area contributed by atoms with Gasteiger partial charge in [0.05, 0.1) is 38.2 Å². The van der Waals surface area contributed by atoms with E-state index in [0.29, 0.717) is 0 Å². The van der Waals surface area contributed by atoms with Gasteiger partial charge in [0, 0.05) is 5.39 Å². The summed E-state index contributed by atoms with van der Waals surface area (Å²) in [6.07, 6.45) is 2.08. The number of nitrogens with zero attached hydrogens (tertiary/aromatic N) is 1. The minimum Gasteiger partial charge on any atom is -0.497 e. The van der Waals surface area contributed by atoms with Crippen molar-refractivity contribution in [3.63, 3.8) is 0 Å². The Bertz CT molecular complexity index is 827. The lowest BCUT2D eigenvalue weighted by Gasteiger charge is -2.10. The molecule has 0 N–H and O–H groups in total. The van der Waals surface area contributed by atoms with Crippen LogP contribution >= 0.6 is 0 Å². The molecule has 0 atom stereocenters. The Morgan fingerprint density at radius 3 is 2.19 bits per heavy atom. The summed E-state index contributed by atoms with van der Waals surface area (Å²) in [5.74, 6) is 2.31. The van der Waals surface area contributed by atoms with E-state index in [9.17, 15) is 0 Å². The van der Waals surface area contributed by atoms with Crippen molar-refractivity contribution in [3.8, 4) is 17.2 Å². The summed E-state index contributed by atoms with van der Waals surface area (Å²) < 4.78 is 18.2. The molecule has 0 radical (unpaired) electrons. The second kappa shape index (κ2) is 5.13. The molecule has 0 spiro atoms. The Morgan fingerprint density at radius 1 is 0.810 bits per heavy atom. The molecule has 21 heavy (non-hydrogen) atoms. The van der Waals surface area contributed by atoms with Gasteiger partial charge in [-0.25, -0.2) is 4.57 Å². The minimum atomic E-state index is 0.732. The van der Waals surface area contributed by atoms with Gasteiger partial charge in [-0.2, -0.15) is 0 Å². The Hall–Kier alpha value is -2.49. The zero-order chi connectivity index (χ0) is 15.0. The molecule has 1 heterocycles. The van der Waals surface area contributed by atoms with Gasteiger partial charge in [-0.15, -0.1) is 0 Å². The summed E-state index contributed by atoms with van der Waals surface area (Å²) in [4.78, 5) is 0. The van der Waals surface area contributed by atoms with Crippen molar-refractivity contribution >= 4 is 21.7 Å². The van der Waals surface area contributed by atoms with Crippen LogP contribution in [0.2, 0.25) is 0 Å². The number of rotatable bonds is 3. The number of hydrogen-bond acceptors (Lipinski definition) is 3. The maximum absolute atomic E-state index is 5.41. The van der Waals surface area contributed by atoms with Crippen LogP contribution in [0.3, 0.4) is 0 Å². The van der Waals surface area contributed by atoms with Gasteiger partial charge in [0.25, 0.3) is 0 Å². The van der Waals surface area contributed by atoms with Gasteiger partial charge in [0.2, 0.25) is 5.52 Å². The molecule has 0 saturated heterocycles. The summed E-state index contributed by atoms with van der Waals surface area (Å²) in [5.41, 5.74) is 1.11. The van der Waals surface area contributed by atoms with Gasteiger partial charge in [0.1, 0.15) is 12.8 Å². The fourth-order valence-corrected chi connectivity index (χ4v) is 2.67. The van der Waals surface area contributed by atoms with Gasteiger partial charge in [-0.05, 0) is 24.3 Å². The smallest absolute Gasteiger partial charge is 0.216 e. The third kappa shape index (κ3) is 2.13. The molecule has 3 rings (SSSR count). The molecule has 2 aromatic carbocycles. The first-order chi connectivity index (χ1) is 10.2. The molecular formula is C17H18NO3+. The quantitative estimate of drug-likeness (QED) is 0.547. The fraction of sp³-hybridized carbons (Fsp3) is 0.235. The first-order valence-corrected chi connectivity index (χ1v) is 6.70. The highest BCUT2D eigenvalue weighted by Gasteiger charge is 2.15. The van der Waals surface area contributed by atoms with E-state index < -0.39 is 0 Å². The molecule has 1 aromatic heterocycles. The van der Waals surface area contributed by atoms with Crippen molar-refractivity contribution in [2.24, 2.45) is 7.05 Å². The summed E-state index contributed by atoms with van der Waals surface area (Å²) in [6.45, 7) is 0. The number of aromatic nitrogens is 1. The lowest BCUT2D eigenvalue weighted by Crippen LogP contribution is -2.28. The number of aryl methyl sites for hydroxylation is 1. The number of pyridine rings is 1. The molecule has 0 amide bonds. The van der Waals surface area contributed by atoms with E-state index in [1.807, 2.05) is 31.3 Å². The molecule has 3 aromatic rings. The van der Waals surface area contributed by atoms with Crippen molar-refractivity contribution in [2.75, 3.05) is 21.3 Å². The van der Waals surface area contributed by atoms with E-state index in [0.717, 1.165) is 38.9 Å². The summed E-state index contributed by atoms with van der Waals surface area (Å²) in [5, 5.41) is 3.38. The van der Waals surface area contributed by atoms with Crippen molar-refractivity contribution in [1.82, 2.24) is 0 Å². The summed E-state index contributed by atoms with van der Waals surface area (Å²) >= 11 is 0. The topological polar surface area (TPSA) is 31.6 Å². The second-order valence-electron chi connectivity index (χ2n) is 4.92. The molecule has 108 valence electrons. The van der Waals surface area contributed by atoms with Crippen LogP contribution in [-0.2, 0) is 7.05 Å². The van der Waals surface area contributed by atoms with E-state index in [2.05, 4.69) is 16.8 Å². The molecule has 0 bridgehead atoms. The van der Waals surface area contributed by atoms with Crippen LogP contribution in [0.25, 0.3) is 21.7 Å². The van der Waals surface area contributed by atoms with Crippen LogP contribution in [0.4, 0.5) is 0 Å². The maximum atomic E-state index is 5.41. The number of ether oxygens (including phenoxy) is 3. The van der Waals surface area contributed by atoms with Gasteiger partial charge in [-0.1, -0.05) is 0 Å². The van der Waals surface area contributed by atoms with Crippen molar-refractivity contribution in [2.45, 2.75) is 0 Å². The van der Waals surface area contributed by atoms with E-state index in [1.54, 1.807) is 21.3 Å². The molecule has 4 heteroatoms. The highest BCUT2D eigenvalue weighted by atomic mass is 16.5. The van der Waals surface area contributed by atoms with Crippen LogP contribution in [0.1, 0.15) is 0 Å². The SMILES string of the molecule is COc1ccc2c3cc(OC)c(OC)cc3c[n+](C)c2c1. The Balaban J connectivity index is 2.41. The molecule has 0 saturated carbocycles. The predicted octanol–water partition coefficient (Wildman–Crippen LogP) is 2.84. The molecule has 0 aliphatic heterocycles. The van der Waals surface area contributed by atoms with E-state index in [-0.39, 0.29) is 0 Å². The first-order valence-electron chi connectivity index (χ1n) is 6.70. The maximum Gasteiger partial charge on any atom is 0.216 e. The Kier molecular flexibility index (Phi) is 3.29. The van der Waals surface area contributed by atoms with Gasteiger partial charge >= 0.3 is 0 Å². The summed E-state index contributed by atoms with van der Waals surface area (Å²) in [7, 11) is 7.00. The summed E-state index contributed by atoms with van der Waals surface area (Å²) in [6, 6.07) is 10.1. The highest BCUT2D eigenvalue weighted by Crippen LogP contribution is 2.35. The van der Waals surface area contributed by atoms with E-state index in [1.165, 1.54) is 0 Å². The third-order valence-corrected chi connectivity index (χ3v) is 3.76. The van der Waals surface area contributed by atoms with Crippen molar-refractivity contribution in [1.29, 1.82) is 0 Å². The molecule has 0 fully saturated rings. The zero-order valence-corrected chi connectivity index (χ0v) is 12.6. The number of hydrogen-bond donors (Lipinski definition) is 0. The number of methoxy groups -OCH3 is 3. The van der Waals surface area contributed by atoms with Crippen LogP contribution in [0, 0.1) is 0 Å². The highest BCUT2D eigenvalue weighted by molar-refractivity contribution is 6.05. The number of benzene rings is 2. The van der Waals surface area contributed by atoms with Crippen LogP contribution in [0.15, 0.2) is 36.5 Å².